The predicted octanol–water partition coefficient (Wildman–Crippen LogP) is 7.21. The molecule has 0 nitrogen and oxygen atoms in total. The normalized spacial score (nSPS) is 24.8. The SMILES string of the molecule is CC1=C(C)C(C)C(c2ccc(C3=C(C)C(C)=C(C)C3C)cc2)=C1C. The second-order valence-corrected chi connectivity index (χ2v) is 7.71. The lowest BCUT2D eigenvalue weighted by molar-refractivity contribution is 0.892. The molecule has 2 unspecified atom stereocenters. The maximum absolute atomic E-state index is 2.33. The quantitative estimate of drug-likeness (QED) is 0.540. The summed E-state index contributed by atoms with van der Waals surface area (Å²) >= 11 is 0. The van der Waals surface area contributed by atoms with Gasteiger partial charge in [0, 0.05) is 11.8 Å². The van der Waals surface area contributed by atoms with Crippen LogP contribution in [0.1, 0.15) is 66.5 Å². The molecule has 0 radical (unpaired) electrons. The Morgan fingerprint density at radius 2 is 0.792 bits per heavy atom. The van der Waals surface area contributed by atoms with Gasteiger partial charge in [-0.2, -0.15) is 0 Å². The van der Waals surface area contributed by atoms with Crippen molar-refractivity contribution < 1.29 is 0 Å². The summed E-state index contributed by atoms with van der Waals surface area (Å²) in [7, 11) is 0. The van der Waals surface area contributed by atoms with E-state index in [9.17, 15) is 0 Å². The minimum absolute atomic E-state index is 0.536. The second kappa shape index (κ2) is 5.92. The van der Waals surface area contributed by atoms with Gasteiger partial charge in [0.25, 0.3) is 0 Å². The van der Waals surface area contributed by atoms with Crippen LogP contribution in [0.5, 0.6) is 0 Å². The molecule has 0 N–H and O–H groups in total. The first kappa shape index (κ1) is 17.0. The summed E-state index contributed by atoms with van der Waals surface area (Å²) in [6, 6.07) is 9.30. The van der Waals surface area contributed by atoms with Crippen LogP contribution in [-0.4, -0.2) is 0 Å². The molecular formula is C24H30. The van der Waals surface area contributed by atoms with E-state index in [1.165, 1.54) is 55.7 Å². The molecule has 1 aromatic carbocycles. The Bertz CT molecular complexity index is 748. The van der Waals surface area contributed by atoms with E-state index < -0.39 is 0 Å². The van der Waals surface area contributed by atoms with E-state index in [4.69, 9.17) is 0 Å². The first-order valence-electron chi connectivity index (χ1n) is 9.13. The fourth-order valence-corrected chi connectivity index (χ4v) is 4.49. The maximum atomic E-state index is 2.33. The van der Waals surface area contributed by atoms with Crippen LogP contribution in [0.25, 0.3) is 11.1 Å². The molecule has 0 bridgehead atoms. The largest absolute Gasteiger partial charge is 0.0629 e. The summed E-state index contributed by atoms with van der Waals surface area (Å²) in [4.78, 5) is 0. The molecular weight excluding hydrogens is 288 g/mol. The number of hydrogen-bond donors (Lipinski definition) is 0. The molecule has 0 amide bonds. The minimum Gasteiger partial charge on any atom is -0.0629 e. The van der Waals surface area contributed by atoms with Gasteiger partial charge in [0.2, 0.25) is 0 Å². The summed E-state index contributed by atoms with van der Waals surface area (Å²) in [6.07, 6.45) is 0. The lowest BCUT2D eigenvalue weighted by Crippen LogP contribution is -1.99. The highest BCUT2D eigenvalue weighted by molar-refractivity contribution is 5.83. The number of benzene rings is 1. The van der Waals surface area contributed by atoms with Crippen molar-refractivity contribution in [3.8, 4) is 0 Å². The van der Waals surface area contributed by atoms with E-state index in [2.05, 4.69) is 79.7 Å². The first-order chi connectivity index (χ1) is 11.3. The van der Waals surface area contributed by atoms with Crippen molar-refractivity contribution >= 4 is 11.1 Å². The van der Waals surface area contributed by atoms with E-state index in [-0.39, 0.29) is 0 Å². The molecule has 0 aliphatic heterocycles. The van der Waals surface area contributed by atoms with Gasteiger partial charge in [-0.15, -0.1) is 0 Å². The van der Waals surface area contributed by atoms with Crippen molar-refractivity contribution in [3.63, 3.8) is 0 Å². The fraction of sp³-hybridized carbons (Fsp3) is 0.417. The second-order valence-electron chi connectivity index (χ2n) is 7.71. The zero-order valence-corrected chi connectivity index (χ0v) is 16.5. The van der Waals surface area contributed by atoms with Gasteiger partial charge in [0.1, 0.15) is 0 Å². The Morgan fingerprint density at radius 3 is 1.00 bits per heavy atom. The van der Waals surface area contributed by atoms with E-state index in [0.717, 1.165) is 0 Å². The lowest BCUT2D eigenvalue weighted by Gasteiger charge is -2.16. The molecule has 2 atom stereocenters. The van der Waals surface area contributed by atoms with Crippen molar-refractivity contribution in [2.45, 2.75) is 55.4 Å². The molecule has 0 aromatic heterocycles. The predicted molar refractivity (Wildman–Crippen MR) is 107 cm³/mol. The lowest BCUT2D eigenvalue weighted by atomic mass is 9.88. The van der Waals surface area contributed by atoms with E-state index in [1.807, 2.05) is 0 Å². The Kier molecular flexibility index (Phi) is 4.20. The highest BCUT2D eigenvalue weighted by Gasteiger charge is 2.26. The topological polar surface area (TPSA) is 0 Å². The number of allylic oxidation sites excluding steroid dienone is 8. The van der Waals surface area contributed by atoms with Crippen LogP contribution in [0.2, 0.25) is 0 Å². The fourth-order valence-electron chi connectivity index (χ4n) is 4.49. The van der Waals surface area contributed by atoms with E-state index in [1.54, 1.807) is 0 Å². The van der Waals surface area contributed by atoms with E-state index in [0.29, 0.717) is 11.8 Å². The number of rotatable bonds is 2. The molecule has 3 rings (SSSR count). The van der Waals surface area contributed by atoms with Crippen LogP contribution in [0.15, 0.2) is 57.7 Å². The summed E-state index contributed by atoms with van der Waals surface area (Å²) in [5.41, 5.74) is 14.7. The zero-order valence-electron chi connectivity index (χ0n) is 16.5. The highest BCUT2D eigenvalue weighted by atomic mass is 14.3. The van der Waals surface area contributed by atoms with Crippen molar-refractivity contribution in [2.24, 2.45) is 11.8 Å². The monoisotopic (exact) mass is 318 g/mol. The average Bonchev–Trinajstić information content (AvgIpc) is 2.88. The first-order valence-corrected chi connectivity index (χ1v) is 9.13. The van der Waals surface area contributed by atoms with Gasteiger partial charge in [-0.1, -0.05) is 49.3 Å². The number of hydrogen-bond acceptors (Lipinski definition) is 0. The standard InChI is InChI=1S/C24H30/c1-13-14(2)18(6)23(17(13)5)21-9-11-22(12-10-21)24-19(7)15(3)16(4)20(24)8/h9-12,17,19H,1-8H3. The molecule has 0 heteroatoms. The molecule has 0 saturated carbocycles. The van der Waals surface area contributed by atoms with Crippen LogP contribution >= 0.6 is 0 Å². The Labute approximate surface area is 147 Å². The van der Waals surface area contributed by atoms with Gasteiger partial charge in [-0.25, -0.2) is 0 Å². The average molecular weight is 319 g/mol. The van der Waals surface area contributed by atoms with Crippen molar-refractivity contribution in [1.29, 1.82) is 0 Å². The third-order valence-corrected chi connectivity index (χ3v) is 6.79. The van der Waals surface area contributed by atoms with Gasteiger partial charge in [0.15, 0.2) is 0 Å². The van der Waals surface area contributed by atoms with E-state index >= 15 is 0 Å². The van der Waals surface area contributed by atoms with Crippen molar-refractivity contribution in [3.05, 3.63) is 68.8 Å². The third-order valence-electron chi connectivity index (χ3n) is 6.79. The van der Waals surface area contributed by atoms with Gasteiger partial charge in [-0.3, -0.25) is 0 Å². The smallest absolute Gasteiger partial charge is 0.00315 e. The molecule has 0 saturated heterocycles. The molecule has 0 heterocycles. The molecule has 0 fully saturated rings. The molecule has 126 valence electrons. The van der Waals surface area contributed by atoms with Gasteiger partial charge < -0.3 is 0 Å². The van der Waals surface area contributed by atoms with Gasteiger partial charge in [0.05, 0.1) is 0 Å². The summed E-state index contributed by atoms with van der Waals surface area (Å²) in [5.74, 6) is 1.07. The molecule has 0 spiro atoms. The van der Waals surface area contributed by atoms with Crippen LogP contribution in [0, 0.1) is 11.8 Å². The summed E-state index contributed by atoms with van der Waals surface area (Å²) < 4.78 is 0. The minimum atomic E-state index is 0.536. The molecule has 24 heavy (non-hydrogen) atoms. The van der Waals surface area contributed by atoms with Crippen molar-refractivity contribution in [1.82, 2.24) is 0 Å². The molecule has 2 aliphatic rings. The van der Waals surface area contributed by atoms with Gasteiger partial charge in [-0.05, 0) is 86.1 Å². The summed E-state index contributed by atoms with van der Waals surface area (Å²) in [5, 5.41) is 0. The van der Waals surface area contributed by atoms with Crippen LogP contribution in [0.3, 0.4) is 0 Å². The third kappa shape index (κ3) is 2.35. The highest BCUT2D eigenvalue weighted by Crippen LogP contribution is 2.44. The van der Waals surface area contributed by atoms with Crippen LogP contribution in [-0.2, 0) is 0 Å². The van der Waals surface area contributed by atoms with Crippen LogP contribution < -0.4 is 0 Å². The summed E-state index contributed by atoms with van der Waals surface area (Å²) in [6.45, 7) is 18.3. The van der Waals surface area contributed by atoms with Crippen molar-refractivity contribution in [2.75, 3.05) is 0 Å². The Morgan fingerprint density at radius 1 is 0.500 bits per heavy atom. The molecule has 2 aliphatic carbocycles. The molecule has 1 aromatic rings. The zero-order chi connectivity index (χ0) is 17.8. The van der Waals surface area contributed by atoms with Crippen LogP contribution in [0.4, 0.5) is 0 Å². The Hall–Kier alpha value is -1.82. The van der Waals surface area contributed by atoms with Gasteiger partial charge >= 0.3 is 0 Å². The maximum Gasteiger partial charge on any atom is 0.00315 e. The Balaban J connectivity index is 1.97.